The molecule has 0 bridgehead atoms. The number of hydrogen-bond donors (Lipinski definition) is 0. The van der Waals surface area contributed by atoms with E-state index >= 15 is 0 Å². The van der Waals surface area contributed by atoms with E-state index in [0.717, 1.165) is 49.3 Å². The maximum absolute atomic E-state index is 13.4. The van der Waals surface area contributed by atoms with E-state index in [9.17, 15) is 8.42 Å². The molecule has 2 aliphatic rings. The predicted octanol–water partition coefficient (Wildman–Crippen LogP) is 3.91. The van der Waals surface area contributed by atoms with Crippen molar-refractivity contribution in [2.24, 2.45) is 0 Å². The molecule has 1 aromatic heterocycles. The summed E-state index contributed by atoms with van der Waals surface area (Å²) in [5.41, 5.74) is 2.11. The fraction of sp³-hybridized carbons (Fsp3) is 0.476. The molecule has 0 amide bonds. The molecular formula is C21H27N3O2S. The number of hydrogen-bond acceptors (Lipinski definition) is 4. The molecule has 2 aromatic rings. The Labute approximate surface area is 162 Å². The van der Waals surface area contributed by atoms with Gasteiger partial charge >= 0.3 is 0 Å². The minimum absolute atomic E-state index is 0.144. The van der Waals surface area contributed by atoms with Crippen molar-refractivity contribution in [3.05, 3.63) is 53.7 Å². The highest BCUT2D eigenvalue weighted by molar-refractivity contribution is 7.89. The SMILES string of the molecule is Cc1ccc(S(=O)(=O)N2CCCC[C@H]2c2cccnc2N2CCCC2)cc1. The minimum Gasteiger partial charge on any atom is -0.356 e. The number of rotatable bonds is 4. The number of piperidine rings is 1. The van der Waals surface area contributed by atoms with Crippen molar-refractivity contribution in [3.8, 4) is 0 Å². The first kappa shape index (κ1) is 18.4. The average molecular weight is 386 g/mol. The van der Waals surface area contributed by atoms with E-state index in [0.29, 0.717) is 11.4 Å². The first-order valence-electron chi connectivity index (χ1n) is 9.86. The van der Waals surface area contributed by atoms with Crippen LogP contribution < -0.4 is 4.90 Å². The number of benzene rings is 1. The lowest BCUT2D eigenvalue weighted by Gasteiger charge is -2.36. The Bertz CT molecular complexity index is 890. The molecule has 5 nitrogen and oxygen atoms in total. The van der Waals surface area contributed by atoms with Crippen LogP contribution in [0.3, 0.4) is 0 Å². The van der Waals surface area contributed by atoms with Crippen LogP contribution in [0.4, 0.5) is 5.82 Å². The molecule has 1 atom stereocenters. The number of anilines is 1. The monoisotopic (exact) mass is 385 g/mol. The highest BCUT2D eigenvalue weighted by Gasteiger charge is 2.36. The first-order valence-corrected chi connectivity index (χ1v) is 11.3. The Morgan fingerprint density at radius 3 is 2.41 bits per heavy atom. The van der Waals surface area contributed by atoms with Gasteiger partial charge in [-0.3, -0.25) is 0 Å². The third-order valence-corrected chi connectivity index (χ3v) is 7.59. The third-order valence-electron chi connectivity index (χ3n) is 5.66. The van der Waals surface area contributed by atoms with Gasteiger partial charge in [-0.15, -0.1) is 0 Å². The minimum atomic E-state index is -3.53. The molecule has 2 saturated heterocycles. The number of sulfonamides is 1. The van der Waals surface area contributed by atoms with Crippen molar-refractivity contribution in [1.29, 1.82) is 0 Å². The zero-order valence-corrected chi connectivity index (χ0v) is 16.7. The Hall–Kier alpha value is -1.92. The molecule has 1 aromatic carbocycles. The van der Waals surface area contributed by atoms with Crippen LogP contribution in [-0.4, -0.2) is 37.3 Å². The van der Waals surface area contributed by atoms with Crippen LogP contribution >= 0.6 is 0 Å². The number of aryl methyl sites for hydroxylation is 1. The van der Waals surface area contributed by atoms with Gasteiger partial charge in [0.05, 0.1) is 10.9 Å². The molecule has 144 valence electrons. The van der Waals surface area contributed by atoms with Crippen molar-refractivity contribution in [2.75, 3.05) is 24.5 Å². The largest absolute Gasteiger partial charge is 0.356 e. The van der Waals surface area contributed by atoms with Gasteiger partial charge in [0.15, 0.2) is 0 Å². The molecular weight excluding hydrogens is 358 g/mol. The number of aromatic nitrogens is 1. The van der Waals surface area contributed by atoms with E-state index in [1.807, 2.05) is 31.3 Å². The summed E-state index contributed by atoms with van der Waals surface area (Å²) in [5.74, 6) is 0.964. The van der Waals surface area contributed by atoms with Gasteiger partial charge < -0.3 is 4.90 Å². The topological polar surface area (TPSA) is 53.5 Å². The highest BCUT2D eigenvalue weighted by atomic mass is 32.2. The zero-order valence-electron chi connectivity index (χ0n) is 15.8. The molecule has 2 fully saturated rings. The summed E-state index contributed by atoms with van der Waals surface area (Å²) >= 11 is 0. The van der Waals surface area contributed by atoms with Crippen LogP contribution in [0.5, 0.6) is 0 Å². The van der Waals surface area contributed by atoms with Gasteiger partial charge in [-0.2, -0.15) is 4.31 Å². The molecule has 6 heteroatoms. The van der Waals surface area contributed by atoms with Gasteiger partial charge in [-0.1, -0.05) is 30.2 Å². The van der Waals surface area contributed by atoms with E-state index in [-0.39, 0.29) is 6.04 Å². The van der Waals surface area contributed by atoms with E-state index in [4.69, 9.17) is 0 Å². The van der Waals surface area contributed by atoms with Gasteiger partial charge in [0.1, 0.15) is 5.82 Å². The Balaban J connectivity index is 1.72. The Morgan fingerprint density at radius 1 is 0.963 bits per heavy atom. The molecule has 3 heterocycles. The maximum atomic E-state index is 13.4. The quantitative estimate of drug-likeness (QED) is 0.801. The normalized spacial score (nSPS) is 21.5. The highest BCUT2D eigenvalue weighted by Crippen LogP contribution is 2.39. The molecule has 0 saturated carbocycles. The molecule has 0 unspecified atom stereocenters. The van der Waals surface area contributed by atoms with Crippen molar-refractivity contribution in [1.82, 2.24) is 9.29 Å². The molecule has 4 rings (SSSR count). The third kappa shape index (κ3) is 3.60. The van der Waals surface area contributed by atoms with Crippen LogP contribution in [0.1, 0.15) is 49.3 Å². The predicted molar refractivity (Wildman–Crippen MR) is 107 cm³/mol. The summed E-state index contributed by atoms with van der Waals surface area (Å²) in [6, 6.07) is 11.0. The second-order valence-corrected chi connectivity index (χ2v) is 9.44. The van der Waals surface area contributed by atoms with E-state index in [1.165, 1.54) is 12.8 Å². The second-order valence-electron chi connectivity index (χ2n) is 7.55. The lowest BCUT2D eigenvalue weighted by atomic mass is 9.97. The smallest absolute Gasteiger partial charge is 0.243 e. The van der Waals surface area contributed by atoms with Crippen LogP contribution in [0.2, 0.25) is 0 Å². The summed E-state index contributed by atoms with van der Waals surface area (Å²) in [4.78, 5) is 7.33. The fourth-order valence-electron chi connectivity index (χ4n) is 4.21. The maximum Gasteiger partial charge on any atom is 0.243 e. The summed E-state index contributed by atoms with van der Waals surface area (Å²) in [6.45, 7) is 4.54. The standard InChI is InChI=1S/C21H27N3O2S/c1-17-9-11-18(12-10-17)27(25,26)24-16-3-2-8-20(24)19-7-6-13-22-21(19)23-14-4-5-15-23/h6-7,9-13,20H,2-5,8,14-16H2,1H3/t20-/m0/s1. The zero-order chi connectivity index (χ0) is 18.9. The summed E-state index contributed by atoms with van der Waals surface area (Å²) in [7, 11) is -3.53. The van der Waals surface area contributed by atoms with Gasteiger partial charge in [-0.25, -0.2) is 13.4 Å². The summed E-state index contributed by atoms with van der Waals surface area (Å²) < 4.78 is 28.5. The van der Waals surface area contributed by atoms with Gasteiger partial charge in [0.2, 0.25) is 10.0 Å². The van der Waals surface area contributed by atoms with Gasteiger partial charge in [0.25, 0.3) is 0 Å². The molecule has 0 aliphatic carbocycles. The average Bonchev–Trinajstić information content (AvgIpc) is 3.23. The number of pyridine rings is 1. The summed E-state index contributed by atoms with van der Waals surface area (Å²) in [5, 5.41) is 0. The number of nitrogens with zero attached hydrogens (tertiary/aromatic N) is 3. The van der Waals surface area contributed by atoms with Gasteiger partial charge in [-0.05, 0) is 50.8 Å². The molecule has 27 heavy (non-hydrogen) atoms. The Morgan fingerprint density at radius 2 is 1.67 bits per heavy atom. The second kappa shape index (κ2) is 7.60. The van der Waals surface area contributed by atoms with Crippen LogP contribution in [0.15, 0.2) is 47.5 Å². The molecule has 0 spiro atoms. The van der Waals surface area contributed by atoms with Crippen LogP contribution in [-0.2, 0) is 10.0 Å². The fourth-order valence-corrected chi connectivity index (χ4v) is 5.89. The first-order chi connectivity index (χ1) is 13.1. The Kier molecular flexibility index (Phi) is 5.19. The van der Waals surface area contributed by atoms with Crippen molar-refractivity contribution >= 4 is 15.8 Å². The van der Waals surface area contributed by atoms with Crippen molar-refractivity contribution in [3.63, 3.8) is 0 Å². The van der Waals surface area contributed by atoms with E-state index in [2.05, 4.69) is 16.0 Å². The van der Waals surface area contributed by atoms with E-state index < -0.39 is 10.0 Å². The van der Waals surface area contributed by atoms with Crippen LogP contribution in [0, 0.1) is 6.92 Å². The van der Waals surface area contributed by atoms with E-state index in [1.54, 1.807) is 16.4 Å². The molecule has 2 aliphatic heterocycles. The lowest BCUT2D eigenvalue weighted by Crippen LogP contribution is -2.39. The lowest BCUT2D eigenvalue weighted by molar-refractivity contribution is 0.256. The van der Waals surface area contributed by atoms with Crippen molar-refractivity contribution < 1.29 is 8.42 Å². The van der Waals surface area contributed by atoms with Gasteiger partial charge in [0, 0.05) is 31.4 Å². The van der Waals surface area contributed by atoms with Crippen LogP contribution in [0.25, 0.3) is 0 Å². The molecule has 0 radical (unpaired) electrons. The van der Waals surface area contributed by atoms with Crippen molar-refractivity contribution in [2.45, 2.75) is 50.0 Å². The molecule has 0 N–H and O–H groups in total. The summed E-state index contributed by atoms with van der Waals surface area (Å²) in [6.07, 6.45) is 6.95.